The van der Waals surface area contributed by atoms with Crippen LogP contribution in [0.1, 0.15) is 23.0 Å². The van der Waals surface area contributed by atoms with E-state index in [-0.39, 0.29) is 11.8 Å². The van der Waals surface area contributed by atoms with Crippen LogP contribution in [0.2, 0.25) is 5.02 Å². The van der Waals surface area contributed by atoms with Crippen LogP contribution in [0.3, 0.4) is 0 Å². The van der Waals surface area contributed by atoms with Crippen molar-refractivity contribution in [3.63, 3.8) is 0 Å². The Morgan fingerprint density at radius 2 is 1.96 bits per heavy atom. The van der Waals surface area contributed by atoms with E-state index in [2.05, 4.69) is 15.5 Å². The molecule has 27 heavy (non-hydrogen) atoms. The number of rotatable bonds is 5. The van der Waals surface area contributed by atoms with E-state index < -0.39 is 0 Å². The molecule has 0 radical (unpaired) electrons. The highest BCUT2D eigenvalue weighted by Crippen LogP contribution is 2.30. The van der Waals surface area contributed by atoms with Gasteiger partial charge in [0.15, 0.2) is 5.13 Å². The minimum atomic E-state index is -0.313. The van der Waals surface area contributed by atoms with Gasteiger partial charge in [-0.1, -0.05) is 35.9 Å². The maximum Gasteiger partial charge on any atom is 0.271 e. The fraction of sp³-hybridized carbons (Fsp3) is 0.0526. The Bertz CT molecular complexity index is 988. The molecule has 2 aromatic carbocycles. The summed E-state index contributed by atoms with van der Waals surface area (Å²) in [6, 6.07) is 15.7. The van der Waals surface area contributed by atoms with Crippen molar-refractivity contribution >= 4 is 51.8 Å². The molecule has 1 aromatic heterocycles. The second-order valence-electron chi connectivity index (χ2n) is 5.45. The molecule has 0 spiro atoms. The third kappa shape index (κ3) is 4.78. The first kappa shape index (κ1) is 18.8. The largest absolute Gasteiger partial charge is 0.274 e. The van der Waals surface area contributed by atoms with Crippen molar-refractivity contribution in [1.29, 1.82) is 0 Å². The minimum absolute atomic E-state index is 0.188. The fourth-order valence-corrected chi connectivity index (χ4v) is 3.31. The van der Waals surface area contributed by atoms with Crippen LogP contribution in [0, 0.1) is 0 Å². The van der Waals surface area contributed by atoms with Crippen LogP contribution in [0.15, 0.2) is 65.1 Å². The number of aromatic nitrogens is 1. The fourth-order valence-electron chi connectivity index (χ4n) is 2.29. The molecule has 3 rings (SSSR count). The highest BCUT2D eigenvalue weighted by molar-refractivity contribution is 7.14. The normalized spacial score (nSPS) is 10.7. The third-order valence-corrected chi connectivity index (χ3v) is 4.56. The topological polar surface area (TPSA) is 74.7 Å². The Kier molecular flexibility index (Phi) is 5.95. The Morgan fingerprint density at radius 3 is 2.67 bits per heavy atom. The van der Waals surface area contributed by atoms with Crippen LogP contribution in [0.4, 0.5) is 10.8 Å². The Balaban J connectivity index is 1.73. The molecule has 0 unspecified atom stereocenters. The van der Waals surface area contributed by atoms with Crippen LogP contribution in [-0.2, 0) is 4.79 Å². The molecule has 0 fully saturated rings. The van der Waals surface area contributed by atoms with Crippen LogP contribution in [0.5, 0.6) is 0 Å². The molecule has 6 nitrogen and oxygen atoms in total. The quantitative estimate of drug-likeness (QED) is 0.515. The summed E-state index contributed by atoms with van der Waals surface area (Å²) in [4.78, 5) is 29.9. The summed E-state index contributed by atoms with van der Waals surface area (Å²) in [5, 5.41) is 6.68. The maximum atomic E-state index is 12.1. The highest BCUT2D eigenvalue weighted by Gasteiger charge is 2.17. The molecular weight excluding hydrogens is 384 g/mol. The second kappa shape index (κ2) is 8.57. The van der Waals surface area contributed by atoms with Crippen LogP contribution in [-0.4, -0.2) is 23.0 Å². The van der Waals surface area contributed by atoms with E-state index in [0.717, 1.165) is 0 Å². The van der Waals surface area contributed by atoms with Crippen LogP contribution < -0.4 is 10.3 Å². The van der Waals surface area contributed by atoms with Gasteiger partial charge in [0.2, 0.25) is 5.91 Å². The first-order valence-corrected chi connectivity index (χ1v) is 9.20. The second-order valence-corrected chi connectivity index (χ2v) is 6.73. The molecule has 0 saturated carbocycles. The summed E-state index contributed by atoms with van der Waals surface area (Å²) in [5.41, 5.74) is 4.11. The molecule has 2 amide bonds. The SMILES string of the molecule is CC(=O)N(c1cccc(Cl)c1)c1nc(/C=N\NC(=O)c2ccccc2)cs1. The smallest absolute Gasteiger partial charge is 0.271 e. The zero-order valence-corrected chi connectivity index (χ0v) is 15.9. The van der Waals surface area contributed by atoms with Crippen molar-refractivity contribution in [3.05, 3.63) is 76.3 Å². The predicted molar refractivity (Wildman–Crippen MR) is 108 cm³/mol. The lowest BCUT2D eigenvalue weighted by Crippen LogP contribution is -2.22. The van der Waals surface area contributed by atoms with E-state index in [4.69, 9.17) is 11.6 Å². The van der Waals surface area contributed by atoms with E-state index in [1.54, 1.807) is 53.9 Å². The molecule has 0 bridgehead atoms. The van der Waals surface area contributed by atoms with Gasteiger partial charge in [0.05, 0.1) is 17.6 Å². The molecule has 0 aliphatic rings. The Hall–Kier alpha value is -3.03. The Morgan fingerprint density at radius 1 is 1.19 bits per heavy atom. The third-order valence-electron chi connectivity index (χ3n) is 3.48. The van der Waals surface area contributed by atoms with Gasteiger partial charge >= 0.3 is 0 Å². The number of hydrazone groups is 1. The van der Waals surface area contributed by atoms with E-state index in [1.807, 2.05) is 6.07 Å². The lowest BCUT2D eigenvalue weighted by atomic mass is 10.2. The van der Waals surface area contributed by atoms with Gasteiger partial charge in [0, 0.05) is 22.9 Å². The van der Waals surface area contributed by atoms with Gasteiger partial charge in [-0.15, -0.1) is 11.3 Å². The van der Waals surface area contributed by atoms with Crippen LogP contribution in [0.25, 0.3) is 0 Å². The average Bonchev–Trinajstić information content (AvgIpc) is 3.10. The molecule has 0 aliphatic heterocycles. The lowest BCUT2D eigenvalue weighted by Gasteiger charge is -2.18. The van der Waals surface area contributed by atoms with Crippen LogP contribution >= 0.6 is 22.9 Å². The zero-order chi connectivity index (χ0) is 19.2. The first-order chi connectivity index (χ1) is 13.0. The number of halogens is 1. The van der Waals surface area contributed by atoms with Crippen molar-refractivity contribution in [1.82, 2.24) is 10.4 Å². The van der Waals surface area contributed by atoms with E-state index in [0.29, 0.717) is 27.1 Å². The van der Waals surface area contributed by atoms with Gasteiger partial charge in [-0.2, -0.15) is 5.10 Å². The average molecular weight is 399 g/mol. The van der Waals surface area contributed by atoms with Crippen molar-refractivity contribution in [2.45, 2.75) is 6.92 Å². The summed E-state index contributed by atoms with van der Waals surface area (Å²) < 4.78 is 0. The number of carbonyl (C=O) groups excluding carboxylic acids is 2. The van der Waals surface area contributed by atoms with Crippen molar-refractivity contribution in [2.75, 3.05) is 4.90 Å². The summed E-state index contributed by atoms with van der Waals surface area (Å²) in [7, 11) is 0. The van der Waals surface area contributed by atoms with Gasteiger partial charge in [-0.25, -0.2) is 10.4 Å². The first-order valence-electron chi connectivity index (χ1n) is 7.95. The maximum absolute atomic E-state index is 12.1. The van der Waals surface area contributed by atoms with E-state index in [1.165, 1.54) is 29.4 Å². The Labute approximate surface area is 165 Å². The number of anilines is 2. The van der Waals surface area contributed by atoms with Gasteiger partial charge in [-0.3, -0.25) is 14.5 Å². The van der Waals surface area contributed by atoms with Crippen molar-refractivity contribution in [2.24, 2.45) is 5.10 Å². The number of hydrogen-bond donors (Lipinski definition) is 1. The molecule has 0 atom stereocenters. The van der Waals surface area contributed by atoms with Gasteiger partial charge in [0.25, 0.3) is 5.91 Å². The number of nitrogens with one attached hydrogen (secondary N) is 1. The standard InChI is InChI=1S/C19H15ClN4O2S/c1-13(25)24(17-9-5-8-15(20)10-17)19-22-16(12-27-19)11-21-23-18(26)14-6-3-2-4-7-14/h2-12H,1H3,(H,23,26)/b21-11-. The molecule has 0 aliphatic carbocycles. The molecule has 8 heteroatoms. The summed E-state index contributed by atoms with van der Waals surface area (Å²) >= 11 is 7.31. The number of thiazole rings is 1. The minimum Gasteiger partial charge on any atom is -0.274 e. The number of amides is 2. The summed E-state index contributed by atoms with van der Waals surface area (Å²) in [6.07, 6.45) is 1.43. The number of hydrogen-bond acceptors (Lipinski definition) is 5. The van der Waals surface area contributed by atoms with E-state index >= 15 is 0 Å². The monoisotopic (exact) mass is 398 g/mol. The highest BCUT2D eigenvalue weighted by atomic mass is 35.5. The molecular formula is C19H15ClN4O2S. The van der Waals surface area contributed by atoms with Crippen molar-refractivity contribution in [3.8, 4) is 0 Å². The molecule has 3 aromatic rings. The molecule has 1 N–H and O–H groups in total. The summed E-state index contributed by atoms with van der Waals surface area (Å²) in [5.74, 6) is -0.501. The lowest BCUT2D eigenvalue weighted by molar-refractivity contribution is -0.115. The van der Waals surface area contributed by atoms with Gasteiger partial charge in [0.1, 0.15) is 0 Å². The van der Waals surface area contributed by atoms with Gasteiger partial charge < -0.3 is 0 Å². The zero-order valence-electron chi connectivity index (χ0n) is 14.3. The number of nitrogens with zero attached hydrogens (tertiary/aromatic N) is 3. The predicted octanol–water partition coefficient (Wildman–Crippen LogP) is 4.25. The van der Waals surface area contributed by atoms with E-state index in [9.17, 15) is 9.59 Å². The molecule has 136 valence electrons. The van der Waals surface area contributed by atoms with Crippen molar-refractivity contribution < 1.29 is 9.59 Å². The van der Waals surface area contributed by atoms with Gasteiger partial charge in [-0.05, 0) is 30.3 Å². The number of benzene rings is 2. The molecule has 0 saturated heterocycles. The summed E-state index contributed by atoms with van der Waals surface area (Å²) in [6.45, 7) is 1.45. The number of carbonyl (C=O) groups is 2. The molecule has 1 heterocycles.